The fourth-order valence-electron chi connectivity index (χ4n) is 8.16. The first-order valence-electron chi connectivity index (χ1n) is 18.0. The molecule has 0 aliphatic rings. The minimum absolute atomic E-state index is 0.876. The molecule has 0 aliphatic heterocycles. The quantitative estimate of drug-likeness (QED) is 0.167. The largest absolute Gasteiger partial charge is 0.456 e. The van der Waals surface area contributed by atoms with Crippen LogP contribution in [-0.2, 0) is 0 Å². The van der Waals surface area contributed by atoms with E-state index in [0.717, 1.165) is 39.0 Å². The van der Waals surface area contributed by atoms with Gasteiger partial charge in [0.25, 0.3) is 0 Å². The molecule has 0 saturated heterocycles. The summed E-state index contributed by atoms with van der Waals surface area (Å²) < 4.78 is 9.02. The number of anilines is 3. The van der Waals surface area contributed by atoms with Gasteiger partial charge in [-0.05, 0) is 111 Å². The highest BCUT2D eigenvalue weighted by molar-refractivity contribution is 7.25. The van der Waals surface area contributed by atoms with E-state index >= 15 is 0 Å². The zero-order chi connectivity index (χ0) is 34.9. The number of benzene rings is 9. The lowest BCUT2D eigenvalue weighted by Gasteiger charge is -2.27. The fourth-order valence-corrected chi connectivity index (χ4v) is 9.25. The van der Waals surface area contributed by atoms with Crippen molar-refractivity contribution in [1.29, 1.82) is 0 Å². The van der Waals surface area contributed by atoms with Crippen LogP contribution in [0.5, 0.6) is 0 Å². The maximum Gasteiger partial charge on any atom is 0.137 e. The van der Waals surface area contributed by atoms with Crippen molar-refractivity contribution in [2.75, 3.05) is 4.90 Å². The Hall–Kier alpha value is -6.68. The molecule has 0 saturated carbocycles. The molecule has 0 N–H and O–H groups in total. The Kier molecular flexibility index (Phi) is 6.76. The molecular formula is C50H31NOS. The molecule has 0 amide bonds. The molecule has 2 aromatic heterocycles. The van der Waals surface area contributed by atoms with Gasteiger partial charge in [-0.15, -0.1) is 11.3 Å². The van der Waals surface area contributed by atoms with E-state index in [4.69, 9.17) is 4.42 Å². The van der Waals surface area contributed by atoms with E-state index in [0.29, 0.717) is 0 Å². The summed E-state index contributed by atoms with van der Waals surface area (Å²) in [6, 6.07) is 68.0. The summed E-state index contributed by atoms with van der Waals surface area (Å²) in [5, 5.41) is 9.90. The van der Waals surface area contributed by atoms with Crippen LogP contribution >= 0.6 is 11.3 Å². The number of fused-ring (bicyclic) bond motifs is 9. The van der Waals surface area contributed by atoms with Crippen molar-refractivity contribution in [1.82, 2.24) is 0 Å². The van der Waals surface area contributed by atoms with Crippen LogP contribution in [0, 0.1) is 0 Å². The molecule has 11 aromatic rings. The van der Waals surface area contributed by atoms with Gasteiger partial charge in [-0.1, -0.05) is 121 Å². The summed E-state index contributed by atoms with van der Waals surface area (Å²) in [6.07, 6.45) is 0. The molecule has 53 heavy (non-hydrogen) atoms. The van der Waals surface area contributed by atoms with E-state index in [9.17, 15) is 0 Å². The number of hydrogen-bond donors (Lipinski definition) is 0. The zero-order valence-electron chi connectivity index (χ0n) is 28.7. The molecule has 248 valence electrons. The maximum atomic E-state index is 6.38. The second kappa shape index (κ2) is 11.9. The van der Waals surface area contributed by atoms with E-state index in [-0.39, 0.29) is 0 Å². The Labute approximate surface area is 310 Å². The van der Waals surface area contributed by atoms with Crippen molar-refractivity contribution in [2.45, 2.75) is 0 Å². The lowest BCUT2D eigenvalue weighted by molar-refractivity contribution is 0.669. The van der Waals surface area contributed by atoms with Gasteiger partial charge in [0, 0.05) is 36.9 Å². The fraction of sp³-hybridized carbons (Fsp3) is 0. The van der Waals surface area contributed by atoms with E-state index in [1.807, 2.05) is 17.4 Å². The number of para-hydroxylation sites is 1. The summed E-state index contributed by atoms with van der Waals surface area (Å²) in [5.41, 5.74) is 9.84. The Bertz CT molecular complexity index is 3170. The van der Waals surface area contributed by atoms with Crippen LogP contribution in [0.15, 0.2) is 192 Å². The average Bonchev–Trinajstić information content (AvgIpc) is 3.80. The predicted octanol–water partition coefficient (Wildman–Crippen LogP) is 15.1. The van der Waals surface area contributed by atoms with Crippen molar-refractivity contribution in [3.8, 4) is 22.3 Å². The molecule has 3 heteroatoms. The smallest absolute Gasteiger partial charge is 0.137 e. The third-order valence-corrected chi connectivity index (χ3v) is 11.8. The van der Waals surface area contributed by atoms with Crippen molar-refractivity contribution < 1.29 is 4.42 Å². The normalized spacial score (nSPS) is 11.8. The monoisotopic (exact) mass is 693 g/mol. The van der Waals surface area contributed by atoms with Gasteiger partial charge in [0.15, 0.2) is 0 Å². The van der Waals surface area contributed by atoms with Gasteiger partial charge < -0.3 is 9.32 Å². The van der Waals surface area contributed by atoms with E-state index in [2.05, 4.69) is 187 Å². The molecule has 0 fully saturated rings. The Morgan fingerprint density at radius 3 is 1.79 bits per heavy atom. The first-order chi connectivity index (χ1) is 26.3. The van der Waals surface area contributed by atoms with Gasteiger partial charge in [-0.2, -0.15) is 0 Å². The number of rotatable bonds is 5. The SMILES string of the molecule is c1ccc2c(c1)cc(-c1ccc(N(c3ccc(-c4ccc5sc6ccccc6c5c4)cc3)c3cccc4oc5ccccc5c34)cc1)c1ccccc12. The lowest BCUT2D eigenvalue weighted by atomic mass is 9.93. The molecule has 0 spiro atoms. The Morgan fingerprint density at radius 2 is 0.981 bits per heavy atom. The van der Waals surface area contributed by atoms with Crippen LogP contribution in [0.2, 0.25) is 0 Å². The number of furan rings is 1. The summed E-state index contributed by atoms with van der Waals surface area (Å²) in [6.45, 7) is 0. The maximum absolute atomic E-state index is 6.38. The molecule has 0 bridgehead atoms. The van der Waals surface area contributed by atoms with Gasteiger partial charge >= 0.3 is 0 Å². The van der Waals surface area contributed by atoms with Gasteiger partial charge in [-0.3, -0.25) is 0 Å². The highest BCUT2D eigenvalue weighted by atomic mass is 32.1. The first-order valence-corrected chi connectivity index (χ1v) is 18.8. The zero-order valence-corrected chi connectivity index (χ0v) is 29.5. The van der Waals surface area contributed by atoms with E-state index in [1.165, 1.54) is 64.0 Å². The average molecular weight is 694 g/mol. The van der Waals surface area contributed by atoms with Crippen molar-refractivity contribution in [3.05, 3.63) is 188 Å². The topological polar surface area (TPSA) is 16.4 Å². The predicted molar refractivity (Wildman–Crippen MR) is 227 cm³/mol. The second-order valence-electron chi connectivity index (χ2n) is 13.7. The minimum atomic E-state index is 0.876. The Morgan fingerprint density at radius 1 is 0.377 bits per heavy atom. The molecule has 0 unspecified atom stereocenters. The highest BCUT2D eigenvalue weighted by Crippen LogP contribution is 2.44. The van der Waals surface area contributed by atoms with Crippen molar-refractivity contribution >= 4 is 92.1 Å². The van der Waals surface area contributed by atoms with Gasteiger partial charge in [0.1, 0.15) is 11.2 Å². The molecular weight excluding hydrogens is 663 g/mol. The summed E-state index contributed by atoms with van der Waals surface area (Å²) >= 11 is 1.86. The third kappa shape index (κ3) is 4.86. The van der Waals surface area contributed by atoms with Crippen LogP contribution in [0.25, 0.3) is 85.9 Å². The number of hydrogen-bond acceptors (Lipinski definition) is 3. The summed E-state index contributed by atoms with van der Waals surface area (Å²) in [7, 11) is 0. The number of nitrogens with zero attached hydrogens (tertiary/aromatic N) is 1. The Balaban J connectivity index is 1.06. The molecule has 11 rings (SSSR count). The number of thiophene rings is 1. The molecule has 9 aromatic carbocycles. The van der Waals surface area contributed by atoms with E-state index in [1.54, 1.807) is 0 Å². The summed E-state index contributed by atoms with van der Waals surface area (Å²) in [5.74, 6) is 0. The molecule has 0 aliphatic carbocycles. The first kappa shape index (κ1) is 30.0. The van der Waals surface area contributed by atoms with Crippen LogP contribution < -0.4 is 4.90 Å². The van der Waals surface area contributed by atoms with Gasteiger partial charge in [-0.25, -0.2) is 0 Å². The summed E-state index contributed by atoms with van der Waals surface area (Å²) in [4.78, 5) is 2.37. The van der Waals surface area contributed by atoms with Crippen molar-refractivity contribution in [3.63, 3.8) is 0 Å². The second-order valence-corrected chi connectivity index (χ2v) is 14.8. The lowest BCUT2D eigenvalue weighted by Crippen LogP contribution is -2.10. The van der Waals surface area contributed by atoms with Crippen molar-refractivity contribution in [2.24, 2.45) is 0 Å². The van der Waals surface area contributed by atoms with Crippen LogP contribution in [0.1, 0.15) is 0 Å². The van der Waals surface area contributed by atoms with Crippen LogP contribution in [0.3, 0.4) is 0 Å². The molecule has 2 heterocycles. The highest BCUT2D eigenvalue weighted by Gasteiger charge is 2.20. The van der Waals surface area contributed by atoms with Gasteiger partial charge in [0.2, 0.25) is 0 Å². The van der Waals surface area contributed by atoms with Crippen LogP contribution in [-0.4, -0.2) is 0 Å². The van der Waals surface area contributed by atoms with E-state index < -0.39 is 0 Å². The third-order valence-electron chi connectivity index (χ3n) is 10.7. The van der Waals surface area contributed by atoms with Gasteiger partial charge in [0.05, 0.1) is 11.1 Å². The minimum Gasteiger partial charge on any atom is -0.456 e. The molecule has 0 atom stereocenters. The van der Waals surface area contributed by atoms with Crippen LogP contribution in [0.4, 0.5) is 17.1 Å². The standard InChI is InChI=1S/C50H31NOS/c1-2-11-38-35(10-1)31-43(40-13-4-3-12-39(38)40)33-22-27-37(28-23-33)51(45-16-9-18-47-50(45)42-15-5-7-17-46(42)52-47)36-25-20-32(21-26-36)34-24-29-49-44(30-34)41-14-6-8-19-48(41)53-49/h1-31H. The molecule has 2 nitrogen and oxygen atoms in total. The molecule has 0 radical (unpaired) electrons.